The van der Waals surface area contributed by atoms with Crippen LogP contribution in [0.15, 0.2) is 24.5 Å². The number of hydrogen-bond acceptors (Lipinski definition) is 2. The van der Waals surface area contributed by atoms with Gasteiger partial charge in [0.15, 0.2) is 0 Å². The maximum atomic E-state index is 13.7. The Labute approximate surface area is 117 Å². The Morgan fingerprint density at radius 1 is 1.33 bits per heavy atom. The predicted octanol–water partition coefficient (Wildman–Crippen LogP) is 3.33. The highest BCUT2D eigenvalue weighted by atomic mass is 19.4. The van der Waals surface area contributed by atoms with Crippen molar-refractivity contribution in [1.29, 1.82) is 0 Å². The van der Waals surface area contributed by atoms with Gasteiger partial charge < -0.3 is 10.1 Å². The van der Waals surface area contributed by atoms with Gasteiger partial charge in [0.05, 0.1) is 11.7 Å². The van der Waals surface area contributed by atoms with Crippen LogP contribution < -0.4 is 0 Å². The van der Waals surface area contributed by atoms with E-state index in [0.29, 0.717) is 18.5 Å². The van der Waals surface area contributed by atoms with E-state index in [1.165, 1.54) is 18.3 Å². The number of hydrogen-bond donors (Lipinski definition) is 2. The average Bonchev–Trinajstić information content (AvgIpc) is 2.85. The molecule has 1 aliphatic carbocycles. The number of H-pyrrole nitrogens is 1. The smallest absolute Gasteiger partial charge is 0.388 e. The summed E-state index contributed by atoms with van der Waals surface area (Å²) in [6.45, 7) is 0. The lowest BCUT2D eigenvalue weighted by Crippen LogP contribution is -2.22. The lowest BCUT2D eigenvalue weighted by atomic mass is 9.79. The normalized spacial score (nSPS) is 22.1. The summed E-state index contributed by atoms with van der Waals surface area (Å²) in [5.41, 5.74) is -0.568. The molecule has 2 unspecified atom stereocenters. The van der Waals surface area contributed by atoms with Crippen LogP contribution in [0.3, 0.4) is 0 Å². The monoisotopic (exact) mass is 300 g/mol. The number of nitrogens with zero attached hydrogens (tertiary/aromatic N) is 1. The highest BCUT2D eigenvalue weighted by Crippen LogP contribution is 2.46. The Kier molecular flexibility index (Phi) is 3.24. The van der Waals surface area contributed by atoms with Crippen LogP contribution in [-0.4, -0.2) is 15.1 Å². The van der Waals surface area contributed by atoms with Crippen LogP contribution >= 0.6 is 0 Å². The van der Waals surface area contributed by atoms with Crippen molar-refractivity contribution in [3.05, 3.63) is 52.9 Å². The molecular weight excluding hydrogens is 288 g/mol. The summed E-state index contributed by atoms with van der Waals surface area (Å²) in [4.78, 5) is 6.06. The summed E-state index contributed by atoms with van der Waals surface area (Å²) in [7, 11) is 0. The summed E-state index contributed by atoms with van der Waals surface area (Å²) < 4.78 is 52.7. The molecule has 0 amide bonds. The van der Waals surface area contributed by atoms with Crippen LogP contribution in [0.5, 0.6) is 0 Å². The molecule has 0 aromatic carbocycles. The maximum absolute atomic E-state index is 13.7. The first-order valence-corrected chi connectivity index (χ1v) is 6.45. The molecule has 3 rings (SSSR count). The SMILES string of the molecule is OC1c2c(C(F)(F)F)c[nH]c2CCC1c1cccnc1F. The van der Waals surface area contributed by atoms with E-state index in [1.54, 1.807) is 0 Å². The van der Waals surface area contributed by atoms with Crippen LogP contribution in [-0.2, 0) is 12.6 Å². The lowest BCUT2D eigenvalue weighted by Gasteiger charge is -2.29. The second kappa shape index (κ2) is 4.84. The van der Waals surface area contributed by atoms with Crippen molar-refractivity contribution in [1.82, 2.24) is 9.97 Å². The highest BCUT2D eigenvalue weighted by molar-refractivity contribution is 5.40. The van der Waals surface area contributed by atoms with Gasteiger partial charge in [-0.3, -0.25) is 0 Å². The Bertz CT molecular complexity index is 665. The van der Waals surface area contributed by atoms with Gasteiger partial charge in [0.2, 0.25) is 5.95 Å². The number of aromatic nitrogens is 2. The molecule has 0 spiro atoms. The van der Waals surface area contributed by atoms with Crippen molar-refractivity contribution in [2.24, 2.45) is 0 Å². The molecule has 2 N–H and O–H groups in total. The van der Waals surface area contributed by atoms with Gasteiger partial charge in [0.1, 0.15) is 0 Å². The van der Waals surface area contributed by atoms with Gasteiger partial charge in [-0.15, -0.1) is 0 Å². The van der Waals surface area contributed by atoms with E-state index in [4.69, 9.17) is 0 Å². The van der Waals surface area contributed by atoms with Crippen LogP contribution in [0.1, 0.15) is 40.8 Å². The number of halogens is 4. The third-order valence-corrected chi connectivity index (χ3v) is 3.88. The summed E-state index contributed by atoms with van der Waals surface area (Å²) in [6, 6.07) is 2.95. The molecule has 0 aliphatic heterocycles. The van der Waals surface area contributed by atoms with E-state index >= 15 is 0 Å². The van der Waals surface area contributed by atoms with Crippen molar-refractivity contribution in [3.63, 3.8) is 0 Å². The van der Waals surface area contributed by atoms with Crippen molar-refractivity contribution >= 4 is 0 Å². The van der Waals surface area contributed by atoms with Gasteiger partial charge in [0, 0.05) is 35.1 Å². The molecule has 0 fully saturated rings. The number of pyridine rings is 1. The van der Waals surface area contributed by atoms with Crippen LogP contribution in [0.2, 0.25) is 0 Å². The number of alkyl halides is 3. The molecule has 0 bridgehead atoms. The largest absolute Gasteiger partial charge is 0.418 e. The topological polar surface area (TPSA) is 48.9 Å². The molecule has 2 aromatic rings. The van der Waals surface area contributed by atoms with Gasteiger partial charge in [-0.2, -0.15) is 17.6 Å². The minimum atomic E-state index is -4.56. The van der Waals surface area contributed by atoms with Crippen LogP contribution in [0.4, 0.5) is 17.6 Å². The summed E-state index contributed by atoms with van der Waals surface area (Å²) in [6.07, 6.45) is -3.17. The summed E-state index contributed by atoms with van der Waals surface area (Å²) in [5, 5.41) is 10.3. The van der Waals surface area contributed by atoms with Crippen molar-refractivity contribution < 1.29 is 22.7 Å². The molecule has 0 saturated carbocycles. The first-order chi connectivity index (χ1) is 9.89. The van der Waals surface area contributed by atoms with E-state index in [0.717, 1.165) is 6.20 Å². The first-order valence-electron chi connectivity index (χ1n) is 6.45. The van der Waals surface area contributed by atoms with Gasteiger partial charge in [-0.1, -0.05) is 6.07 Å². The fourth-order valence-corrected chi connectivity index (χ4v) is 2.92. The molecule has 0 radical (unpaired) electrons. The fourth-order valence-electron chi connectivity index (χ4n) is 2.92. The quantitative estimate of drug-likeness (QED) is 0.627. The minimum Gasteiger partial charge on any atom is -0.388 e. The van der Waals surface area contributed by atoms with E-state index in [9.17, 15) is 22.7 Å². The Morgan fingerprint density at radius 3 is 2.76 bits per heavy atom. The van der Waals surface area contributed by atoms with E-state index in [1.807, 2.05) is 0 Å². The number of aromatic amines is 1. The maximum Gasteiger partial charge on any atom is 0.418 e. The standard InChI is InChI=1S/C14H12F4N2O/c15-13-8(2-1-5-19-13)7-3-4-10-11(12(7)21)9(6-20-10)14(16,17)18/h1-2,5-7,12,20-21H,3-4H2. The number of fused-ring (bicyclic) bond motifs is 1. The molecule has 2 aromatic heterocycles. The minimum absolute atomic E-state index is 0.143. The van der Waals surface area contributed by atoms with Gasteiger partial charge in [-0.25, -0.2) is 4.98 Å². The first kappa shape index (κ1) is 14.1. The second-order valence-electron chi connectivity index (χ2n) is 5.07. The Morgan fingerprint density at radius 2 is 2.10 bits per heavy atom. The van der Waals surface area contributed by atoms with E-state index < -0.39 is 29.7 Å². The number of rotatable bonds is 1. The molecule has 7 heteroatoms. The number of aliphatic hydroxyl groups excluding tert-OH is 1. The van der Waals surface area contributed by atoms with E-state index in [-0.39, 0.29) is 11.1 Å². The van der Waals surface area contributed by atoms with Crippen LogP contribution in [0.25, 0.3) is 0 Å². The Balaban J connectivity index is 2.05. The van der Waals surface area contributed by atoms with Crippen molar-refractivity contribution in [2.45, 2.75) is 31.0 Å². The summed E-state index contributed by atoms with van der Waals surface area (Å²) >= 11 is 0. The van der Waals surface area contributed by atoms with Gasteiger partial charge in [0.25, 0.3) is 0 Å². The molecule has 112 valence electrons. The average molecular weight is 300 g/mol. The predicted molar refractivity (Wildman–Crippen MR) is 66.0 cm³/mol. The molecule has 0 saturated heterocycles. The number of aryl methyl sites for hydroxylation is 1. The molecule has 1 aliphatic rings. The zero-order valence-corrected chi connectivity index (χ0v) is 10.8. The third kappa shape index (κ3) is 2.31. The van der Waals surface area contributed by atoms with E-state index in [2.05, 4.69) is 9.97 Å². The number of aliphatic hydroxyl groups is 1. The number of nitrogens with one attached hydrogen (secondary N) is 1. The zero-order valence-electron chi connectivity index (χ0n) is 10.8. The molecular formula is C14H12F4N2O. The molecule has 3 nitrogen and oxygen atoms in total. The zero-order chi connectivity index (χ0) is 15.2. The van der Waals surface area contributed by atoms with Crippen molar-refractivity contribution in [2.75, 3.05) is 0 Å². The van der Waals surface area contributed by atoms with Crippen molar-refractivity contribution in [3.8, 4) is 0 Å². The van der Waals surface area contributed by atoms with Gasteiger partial charge in [-0.05, 0) is 18.9 Å². The van der Waals surface area contributed by atoms with Crippen LogP contribution in [0, 0.1) is 5.95 Å². The fraction of sp³-hybridized carbons (Fsp3) is 0.357. The van der Waals surface area contributed by atoms with Gasteiger partial charge >= 0.3 is 6.18 Å². The second-order valence-corrected chi connectivity index (χ2v) is 5.07. The molecule has 2 atom stereocenters. The third-order valence-electron chi connectivity index (χ3n) is 3.88. The highest BCUT2D eigenvalue weighted by Gasteiger charge is 2.42. The lowest BCUT2D eigenvalue weighted by molar-refractivity contribution is -0.139. The molecule has 21 heavy (non-hydrogen) atoms. The Hall–Kier alpha value is -1.89. The summed E-state index contributed by atoms with van der Waals surface area (Å²) in [5.74, 6) is -1.49. The molecule has 2 heterocycles.